The summed E-state index contributed by atoms with van der Waals surface area (Å²) in [5.74, 6) is -0.417. The van der Waals surface area contributed by atoms with Crippen LogP contribution in [-0.4, -0.2) is 20.9 Å². The van der Waals surface area contributed by atoms with Gasteiger partial charge in [-0.05, 0) is 79.1 Å². The molecule has 3 aromatic rings. The number of rotatable bonds is 10. The summed E-state index contributed by atoms with van der Waals surface area (Å²) in [6.07, 6.45) is 3.27. The molecule has 1 amide bonds. The molecule has 0 heterocycles. The van der Waals surface area contributed by atoms with Crippen LogP contribution in [0.1, 0.15) is 25.3 Å². The quantitative estimate of drug-likeness (QED) is 0.450. The van der Waals surface area contributed by atoms with Gasteiger partial charge in [0.25, 0.3) is 15.9 Å². The zero-order valence-electron chi connectivity index (χ0n) is 17.7. The van der Waals surface area contributed by atoms with Gasteiger partial charge in [-0.25, -0.2) is 12.8 Å². The number of carbonyl (C=O) groups is 1. The van der Waals surface area contributed by atoms with Crippen molar-refractivity contribution in [2.75, 3.05) is 16.6 Å². The molecule has 0 saturated carbocycles. The van der Waals surface area contributed by atoms with Crippen LogP contribution < -0.4 is 14.8 Å². The first-order valence-corrected chi connectivity index (χ1v) is 11.7. The predicted molar refractivity (Wildman–Crippen MR) is 123 cm³/mol. The first kappa shape index (κ1) is 23.3. The number of halogens is 1. The molecular weight excluding hydrogens is 431 g/mol. The molecule has 2 N–H and O–H groups in total. The number of hydrogen-bond acceptors (Lipinski definition) is 4. The van der Waals surface area contributed by atoms with Crippen molar-refractivity contribution >= 4 is 27.3 Å². The number of unbranched alkanes of at least 4 members (excludes halogenated alkanes) is 1. The van der Waals surface area contributed by atoms with Gasteiger partial charge in [-0.3, -0.25) is 9.52 Å². The molecule has 0 bridgehead atoms. The summed E-state index contributed by atoms with van der Waals surface area (Å²) >= 11 is 0. The second-order valence-electron chi connectivity index (χ2n) is 7.22. The van der Waals surface area contributed by atoms with E-state index in [2.05, 4.69) is 17.0 Å². The highest BCUT2D eigenvalue weighted by molar-refractivity contribution is 7.92. The largest absolute Gasteiger partial charge is 0.484 e. The molecule has 32 heavy (non-hydrogen) atoms. The highest BCUT2D eigenvalue weighted by Gasteiger charge is 2.14. The number of anilines is 2. The lowest BCUT2D eigenvalue weighted by Gasteiger charge is -2.10. The third-order valence-electron chi connectivity index (χ3n) is 4.66. The molecule has 3 rings (SSSR count). The Hall–Kier alpha value is -3.39. The predicted octanol–water partition coefficient (Wildman–Crippen LogP) is 4.99. The van der Waals surface area contributed by atoms with Crippen LogP contribution in [0, 0.1) is 5.82 Å². The zero-order valence-corrected chi connectivity index (χ0v) is 18.5. The Bertz CT molecular complexity index is 1130. The van der Waals surface area contributed by atoms with E-state index in [9.17, 15) is 17.6 Å². The Balaban J connectivity index is 1.51. The zero-order chi connectivity index (χ0) is 23.0. The van der Waals surface area contributed by atoms with E-state index >= 15 is 0 Å². The van der Waals surface area contributed by atoms with Crippen molar-refractivity contribution in [3.8, 4) is 5.75 Å². The van der Waals surface area contributed by atoms with Crippen LogP contribution in [0.25, 0.3) is 0 Å². The van der Waals surface area contributed by atoms with E-state index in [1.165, 1.54) is 54.1 Å². The number of aryl methyl sites for hydroxylation is 1. The van der Waals surface area contributed by atoms with E-state index in [0.717, 1.165) is 19.3 Å². The number of carbonyl (C=O) groups excluding carboxylic acids is 1. The highest BCUT2D eigenvalue weighted by Crippen LogP contribution is 2.20. The molecule has 0 saturated heterocycles. The summed E-state index contributed by atoms with van der Waals surface area (Å²) in [7, 11) is -3.83. The highest BCUT2D eigenvalue weighted by atomic mass is 32.2. The Morgan fingerprint density at radius 2 is 1.53 bits per heavy atom. The lowest BCUT2D eigenvalue weighted by molar-refractivity contribution is -0.118. The van der Waals surface area contributed by atoms with E-state index in [-0.39, 0.29) is 23.1 Å². The Labute approximate surface area is 187 Å². The molecule has 0 aliphatic heterocycles. The summed E-state index contributed by atoms with van der Waals surface area (Å²) in [5.41, 5.74) is 2.17. The lowest BCUT2D eigenvalue weighted by Crippen LogP contribution is -2.20. The first-order valence-electron chi connectivity index (χ1n) is 10.3. The fourth-order valence-electron chi connectivity index (χ4n) is 2.93. The molecule has 0 aromatic heterocycles. The minimum atomic E-state index is -3.83. The van der Waals surface area contributed by atoms with Crippen molar-refractivity contribution in [1.29, 1.82) is 0 Å². The van der Waals surface area contributed by atoms with Gasteiger partial charge in [0.1, 0.15) is 11.6 Å². The van der Waals surface area contributed by atoms with E-state index in [0.29, 0.717) is 11.4 Å². The van der Waals surface area contributed by atoms with Crippen molar-refractivity contribution in [2.24, 2.45) is 0 Å². The number of benzene rings is 3. The molecule has 0 unspecified atom stereocenters. The maximum Gasteiger partial charge on any atom is 0.262 e. The first-order chi connectivity index (χ1) is 15.4. The molecule has 0 radical (unpaired) electrons. The van der Waals surface area contributed by atoms with Gasteiger partial charge in [0, 0.05) is 11.4 Å². The second kappa shape index (κ2) is 10.8. The van der Waals surface area contributed by atoms with Crippen molar-refractivity contribution in [1.82, 2.24) is 0 Å². The van der Waals surface area contributed by atoms with Crippen LogP contribution in [0.3, 0.4) is 0 Å². The molecule has 0 spiro atoms. The fraction of sp³-hybridized carbons (Fsp3) is 0.208. The number of hydrogen-bond donors (Lipinski definition) is 2. The van der Waals surface area contributed by atoms with Gasteiger partial charge in [0.05, 0.1) is 4.90 Å². The SMILES string of the molecule is CCCCc1ccc(NC(=O)COc2ccc(S(=O)(=O)Nc3ccc(F)cc3)cc2)cc1. The van der Waals surface area contributed by atoms with Gasteiger partial charge >= 0.3 is 0 Å². The number of ether oxygens (including phenoxy) is 1. The summed E-state index contributed by atoms with van der Waals surface area (Å²) in [6.45, 7) is 1.93. The van der Waals surface area contributed by atoms with Crippen LogP contribution in [0.4, 0.5) is 15.8 Å². The van der Waals surface area contributed by atoms with Crippen LogP contribution in [0.2, 0.25) is 0 Å². The summed E-state index contributed by atoms with van der Waals surface area (Å²) in [5, 5.41) is 2.77. The van der Waals surface area contributed by atoms with Crippen molar-refractivity contribution in [2.45, 2.75) is 31.1 Å². The molecule has 0 aliphatic rings. The third kappa shape index (κ3) is 6.81. The van der Waals surface area contributed by atoms with E-state index in [1.807, 2.05) is 24.3 Å². The van der Waals surface area contributed by atoms with Crippen LogP contribution >= 0.6 is 0 Å². The molecule has 0 fully saturated rings. The molecule has 8 heteroatoms. The smallest absolute Gasteiger partial charge is 0.262 e. The van der Waals surface area contributed by atoms with E-state index in [1.54, 1.807) is 0 Å². The summed E-state index contributed by atoms with van der Waals surface area (Å²) in [4.78, 5) is 12.1. The second-order valence-corrected chi connectivity index (χ2v) is 8.90. The van der Waals surface area contributed by atoms with Crippen molar-refractivity contribution < 1.29 is 22.3 Å². The third-order valence-corrected chi connectivity index (χ3v) is 6.05. The average Bonchev–Trinajstić information content (AvgIpc) is 2.79. The number of sulfonamides is 1. The van der Waals surface area contributed by atoms with Gasteiger partial charge in [-0.2, -0.15) is 0 Å². The standard InChI is InChI=1S/C24H25FN2O4S/c1-2-3-4-18-5-9-20(10-6-18)26-24(28)17-31-22-13-15-23(16-14-22)32(29,30)27-21-11-7-19(25)8-12-21/h5-16,27H,2-4,17H2,1H3,(H,26,28). The molecular formula is C24H25FN2O4S. The maximum atomic E-state index is 13.0. The van der Waals surface area contributed by atoms with Gasteiger partial charge in [-0.15, -0.1) is 0 Å². The molecule has 0 atom stereocenters. The topological polar surface area (TPSA) is 84.5 Å². The van der Waals surface area contributed by atoms with Gasteiger partial charge in [0.2, 0.25) is 0 Å². The Kier molecular flexibility index (Phi) is 7.83. The fourth-order valence-corrected chi connectivity index (χ4v) is 3.99. The monoisotopic (exact) mass is 456 g/mol. The van der Waals surface area contributed by atoms with E-state index in [4.69, 9.17) is 4.74 Å². The Morgan fingerprint density at radius 1 is 0.906 bits per heavy atom. The van der Waals surface area contributed by atoms with Crippen molar-refractivity contribution in [3.05, 3.63) is 84.2 Å². The van der Waals surface area contributed by atoms with Gasteiger partial charge in [-0.1, -0.05) is 25.5 Å². The average molecular weight is 457 g/mol. The molecule has 3 aromatic carbocycles. The number of nitrogens with one attached hydrogen (secondary N) is 2. The molecule has 0 aliphatic carbocycles. The lowest BCUT2D eigenvalue weighted by atomic mass is 10.1. The number of amides is 1. The van der Waals surface area contributed by atoms with E-state index < -0.39 is 15.8 Å². The molecule has 168 valence electrons. The van der Waals surface area contributed by atoms with Crippen LogP contribution in [0.15, 0.2) is 77.7 Å². The normalized spacial score (nSPS) is 11.1. The van der Waals surface area contributed by atoms with Crippen LogP contribution in [0.5, 0.6) is 5.75 Å². The summed E-state index contributed by atoms with van der Waals surface area (Å²) < 4.78 is 45.7. The maximum absolute atomic E-state index is 13.0. The molecule has 6 nitrogen and oxygen atoms in total. The minimum Gasteiger partial charge on any atom is -0.484 e. The van der Waals surface area contributed by atoms with Gasteiger partial charge < -0.3 is 10.1 Å². The van der Waals surface area contributed by atoms with Gasteiger partial charge in [0.15, 0.2) is 6.61 Å². The van der Waals surface area contributed by atoms with Crippen LogP contribution in [-0.2, 0) is 21.2 Å². The van der Waals surface area contributed by atoms with Crippen molar-refractivity contribution in [3.63, 3.8) is 0 Å². The Morgan fingerprint density at radius 3 is 2.16 bits per heavy atom. The minimum absolute atomic E-state index is 0.0155. The summed E-state index contributed by atoms with van der Waals surface area (Å²) in [6, 6.07) is 18.4.